The Kier molecular flexibility index (Phi) is 5.20. The van der Waals surface area contributed by atoms with Gasteiger partial charge in [0.05, 0.1) is 6.61 Å². The number of aryl methyl sites for hydroxylation is 1. The Morgan fingerprint density at radius 3 is 2.81 bits per heavy atom. The first-order chi connectivity index (χ1) is 10.2. The fraction of sp³-hybridized carbons (Fsp3) is 0.389. The number of hydrogen-bond acceptors (Lipinski definition) is 2. The second-order valence-corrected chi connectivity index (χ2v) is 5.22. The zero-order valence-corrected chi connectivity index (χ0v) is 13.1. The summed E-state index contributed by atoms with van der Waals surface area (Å²) in [6.45, 7) is 7.41. The van der Waals surface area contributed by atoms with Crippen molar-refractivity contribution >= 4 is 22.4 Å². The summed E-state index contributed by atoms with van der Waals surface area (Å²) in [4.78, 5) is 11.5. The highest BCUT2D eigenvalue weighted by atomic mass is 16.5. The van der Waals surface area contributed by atoms with Crippen LogP contribution in [0.15, 0.2) is 36.5 Å². The number of hydrogen-bond donors (Lipinski definition) is 0. The van der Waals surface area contributed by atoms with E-state index in [-0.39, 0.29) is 5.97 Å². The fourth-order valence-corrected chi connectivity index (χ4v) is 2.41. The highest BCUT2D eigenvalue weighted by molar-refractivity contribution is 5.92. The first-order valence-electron chi connectivity index (χ1n) is 7.60. The number of unbranched alkanes of at least 4 members (excludes halogenated alkanes) is 1. The van der Waals surface area contributed by atoms with Crippen LogP contribution in [0.5, 0.6) is 0 Å². The maximum Gasteiger partial charge on any atom is 0.331 e. The Labute approximate surface area is 126 Å². The molecule has 0 N–H and O–H groups in total. The topological polar surface area (TPSA) is 31.2 Å². The Balaban J connectivity index is 2.25. The first-order valence-corrected chi connectivity index (χ1v) is 7.60. The number of aromatic nitrogens is 1. The van der Waals surface area contributed by atoms with E-state index in [0.29, 0.717) is 6.61 Å². The molecule has 1 aromatic heterocycles. The molecule has 3 nitrogen and oxygen atoms in total. The van der Waals surface area contributed by atoms with Crippen molar-refractivity contribution in [3.05, 3.63) is 42.1 Å². The van der Waals surface area contributed by atoms with Crippen molar-refractivity contribution in [2.24, 2.45) is 0 Å². The molecule has 0 saturated carbocycles. The molecule has 21 heavy (non-hydrogen) atoms. The quantitative estimate of drug-likeness (QED) is 0.581. The van der Waals surface area contributed by atoms with E-state index >= 15 is 0 Å². The van der Waals surface area contributed by atoms with Crippen LogP contribution >= 0.6 is 0 Å². The molecule has 0 aliphatic rings. The van der Waals surface area contributed by atoms with E-state index in [0.717, 1.165) is 17.7 Å². The molecule has 0 unspecified atom stereocenters. The normalized spacial score (nSPS) is 11.9. The molecule has 0 amide bonds. The summed E-state index contributed by atoms with van der Waals surface area (Å²) in [5.41, 5.74) is 3.23. The minimum atomic E-state index is -0.282. The molecule has 112 valence electrons. The summed E-state index contributed by atoms with van der Waals surface area (Å²) >= 11 is 0. The third kappa shape index (κ3) is 3.75. The van der Waals surface area contributed by atoms with Crippen molar-refractivity contribution < 1.29 is 9.53 Å². The molecule has 0 bridgehead atoms. The minimum absolute atomic E-state index is 0.282. The molecule has 0 fully saturated rings. The van der Waals surface area contributed by atoms with Gasteiger partial charge in [-0.2, -0.15) is 0 Å². The first kappa shape index (κ1) is 15.4. The average Bonchev–Trinajstić information content (AvgIpc) is 2.87. The molecule has 0 saturated heterocycles. The fourth-order valence-electron chi connectivity index (χ4n) is 2.41. The Bertz CT molecular complexity index is 652. The lowest BCUT2D eigenvalue weighted by Crippen LogP contribution is -2.00. The van der Waals surface area contributed by atoms with Gasteiger partial charge in [-0.1, -0.05) is 19.4 Å². The predicted molar refractivity (Wildman–Crippen MR) is 87.1 cm³/mol. The Hall–Kier alpha value is -2.03. The number of benzene rings is 1. The van der Waals surface area contributed by atoms with Gasteiger partial charge in [0, 0.05) is 29.7 Å². The van der Waals surface area contributed by atoms with Crippen molar-refractivity contribution in [1.82, 2.24) is 4.57 Å². The number of ether oxygens (including phenoxy) is 1. The SMILES string of the molecule is CCCCn1ccc2cc(/C(C)=C/C(=O)OCC)ccc21. The van der Waals surface area contributed by atoms with E-state index < -0.39 is 0 Å². The molecule has 0 atom stereocenters. The van der Waals surface area contributed by atoms with Crippen LogP contribution in [-0.4, -0.2) is 17.1 Å². The van der Waals surface area contributed by atoms with Gasteiger partial charge < -0.3 is 9.30 Å². The van der Waals surface area contributed by atoms with Crippen molar-refractivity contribution in [3.8, 4) is 0 Å². The number of allylic oxidation sites excluding steroid dienone is 1. The molecule has 3 heteroatoms. The third-order valence-corrected chi connectivity index (χ3v) is 3.60. The smallest absolute Gasteiger partial charge is 0.331 e. The van der Waals surface area contributed by atoms with Gasteiger partial charge >= 0.3 is 5.97 Å². The van der Waals surface area contributed by atoms with Crippen LogP contribution in [0, 0.1) is 0 Å². The van der Waals surface area contributed by atoms with Crippen LogP contribution in [0.1, 0.15) is 39.2 Å². The van der Waals surface area contributed by atoms with Crippen LogP contribution in [0.3, 0.4) is 0 Å². The molecular weight excluding hydrogens is 262 g/mol. The summed E-state index contributed by atoms with van der Waals surface area (Å²) in [6.07, 6.45) is 6.07. The average molecular weight is 285 g/mol. The van der Waals surface area contributed by atoms with Crippen molar-refractivity contribution in [3.63, 3.8) is 0 Å². The Morgan fingerprint density at radius 1 is 1.29 bits per heavy atom. The molecule has 2 rings (SSSR count). The van der Waals surface area contributed by atoms with E-state index in [4.69, 9.17) is 4.74 Å². The molecule has 0 aliphatic heterocycles. The summed E-state index contributed by atoms with van der Waals surface area (Å²) < 4.78 is 7.24. The number of carbonyl (C=O) groups excluding carboxylic acids is 1. The van der Waals surface area contributed by atoms with Gasteiger partial charge in [-0.15, -0.1) is 0 Å². The van der Waals surface area contributed by atoms with Crippen LogP contribution in [0.2, 0.25) is 0 Å². The maximum absolute atomic E-state index is 11.5. The number of carbonyl (C=O) groups is 1. The highest BCUT2D eigenvalue weighted by Crippen LogP contribution is 2.22. The van der Waals surface area contributed by atoms with Crippen LogP contribution < -0.4 is 0 Å². The van der Waals surface area contributed by atoms with Gasteiger partial charge in [0.15, 0.2) is 0 Å². The maximum atomic E-state index is 11.5. The van der Waals surface area contributed by atoms with Gasteiger partial charge in [-0.25, -0.2) is 4.79 Å². The summed E-state index contributed by atoms with van der Waals surface area (Å²) in [6, 6.07) is 8.45. The summed E-state index contributed by atoms with van der Waals surface area (Å²) in [5.74, 6) is -0.282. The predicted octanol–water partition coefficient (Wildman–Crippen LogP) is 4.41. The van der Waals surface area contributed by atoms with Crippen molar-refractivity contribution in [1.29, 1.82) is 0 Å². The lowest BCUT2D eigenvalue weighted by atomic mass is 10.1. The van der Waals surface area contributed by atoms with Crippen molar-refractivity contribution in [2.45, 2.75) is 40.2 Å². The highest BCUT2D eigenvalue weighted by Gasteiger charge is 2.05. The van der Waals surface area contributed by atoms with Gasteiger partial charge in [0.2, 0.25) is 0 Å². The molecule has 1 heterocycles. The standard InChI is InChI=1S/C18H23NO2/c1-4-6-10-19-11-9-16-13-15(7-8-17(16)19)14(3)12-18(20)21-5-2/h7-9,11-13H,4-6,10H2,1-3H3/b14-12+. The number of fused-ring (bicyclic) bond motifs is 1. The Morgan fingerprint density at radius 2 is 2.10 bits per heavy atom. The van der Waals surface area contributed by atoms with Gasteiger partial charge in [0.1, 0.15) is 0 Å². The third-order valence-electron chi connectivity index (χ3n) is 3.60. The zero-order chi connectivity index (χ0) is 15.2. The van der Waals surface area contributed by atoms with Crippen LogP contribution in [0.25, 0.3) is 16.5 Å². The van der Waals surface area contributed by atoms with Gasteiger partial charge in [-0.05, 0) is 49.6 Å². The molecule has 0 spiro atoms. The van der Waals surface area contributed by atoms with E-state index in [1.165, 1.54) is 23.7 Å². The van der Waals surface area contributed by atoms with E-state index in [9.17, 15) is 4.79 Å². The van der Waals surface area contributed by atoms with Crippen molar-refractivity contribution in [2.75, 3.05) is 6.61 Å². The molecular formula is C18H23NO2. The minimum Gasteiger partial charge on any atom is -0.463 e. The summed E-state index contributed by atoms with van der Waals surface area (Å²) in [5, 5.41) is 1.21. The monoisotopic (exact) mass is 285 g/mol. The number of rotatable bonds is 6. The molecule has 1 aromatic carbocycles. The number of esters is 1. The molecule has 0 aliphatic carbocycles. The van der Waals surface area contributed by atoms with Crippen LogP contribution in [-0.2, 0) is 16.1 Å². The second kappa shape index (κ2) is 7.11. The van der Waals surface area contributed by atoms with Crippen LogP contribution in [0.4, 0.5) is 0 Å². The second-order valence-electron chi connectivity index (χ2n) is 5.22. The lowest BCUT2D eigenvalue weighted by Gasteiger charge is -2.06. The number of nitrogens with zero attached hydrogens (tertiary/aromatic N) is 1. The largest absolute Gasteiger partial charge is 0.463 e. The van der Waals surface area contributed by atoms with Gasteiger partial charge in [-0.3, -0.25) is 0 Å². The molecule has 2 aromatic rings. The van der Waals surface area contributed by atoms with E-state index in [1.807, 2.05) is 13.8 Å². The zero-order valence-electron chi connectivity index (χ0n) is 13.1. The van der Waals surface area contributed by atoms with E-state index in [1.54, 1.807) is 6.08 Å². The van der Waals surface area contributed by atoms with E-state index in [2.05, 4.69) is 42.0 Å². The molecule has 0 radical (unpaired) electrons. The van der Waals surface area contributed by atoms with Gasteiger partial charge in [0.25, 0.3) is 0 Å². The lowest BCUT2D eigenvalue weighted by molar-refractivity contribution is -0.137. The summed E-state index contributed by atoms with van der Waals surface area (Å²) in [7, 11) is 0.